The smallest absolute Gasteiger partial charge is 0.251 e. The van der Waals surface area contributed by atoms with Gasteiger partial charge in [0.15, 0.2) is 0 Å². The fourth-order valence-corrected chi connectivity index (χ4v) is 3.33. The van der Waals surface area contributed by atoms with Gasteiger partial charge < -0.3 is 14.6 Å². The van der Waals surface area contributed by atoms with Gasteiger partial charge in [0, 0.05) is 5.56 Å². The van der Waals surface area contributed by atoms with Crippen molar-refractivity contribution in [2.75, 3.05) is 6.61 Å². The number of rotatable bonds is 7. The first-order valence-electron chi connectivity index (χ1n) is 9.68. The summed E-state index contributed by atoms with van der Waals surface area (Å²) in [5.74, 6) is 1.58. The Labute approximate surface area is 170 Å². The lowest BCUT2D eigenvalue weighted by Crippen LogP contribution is -2.25. The van der Waals surface area contributed by atoms with Crippen LogP contribution in [-0.2, 0) is 13.1 Å². The summed E-state index contributed by atoms with van der Waals surface area (Å²) < 4.78 is 8.08. The van der Waals surface area contributed by atoms with Crippen molar-refractivity contribution in [2.24, 2.45) is 0 Å². The Hall–Kier alpha value is -3.60. The maximum Gasteiger partial charge on any atom is 0.251 e. The first-order chi connectivity index (χ1) is 14.2. The van der Waals surface area contributed by atoms with Gasteiger partial charge in [-0.3, -0.25) is 4.79 Å². The molecule has 0 aliphatic carbocycles. The Kier molecular flexibility index (Phi) is 5.56. The molecule has 0 spiro atoms. The van der Waals surface area contributed by atoms with Crippen LogP contribution in [0.15, 0.2) is 78.9 Å². The topological polar surface area (TPSA) is 56.1 Å². The molecule has 5 nitrogen and oxygen atoms in total. The van der Waals surface area contributed by atoms with Crippen LogP contribution in [-0.4, -0.2) is 22.1 Å². The van der Waals surface area contributed by atoms with E-state index in [1.165, 1.54) is 0 Å². The Morgan fingerprint density at radius 3 is 2.52 bits per heavy atom. The van der Waals surface area contributed by atoms with Gasteiger partial charge >= 0.3 is 0 Å². The fraction of sp³-hybridized carbons (Fsp3) is 0.167. The van der Waals surface area contributed by atoms with E-state index in [-0.39, 0.29) is 5.91 Å². The van der Waals surface area contributed by atoms with E-state index in [9.17, 15) is 4.79 Å². The molecule has 146 valence electrons. The number of ether oxygens (including phenoxy) is 1. The molecule has 0 aliphatic heterocycles. The first-order valence-corrected chi connectivity index (χ1v) is 9.68. The zero-order valence-corrected chi connectivity index (χ0v) is 16.3. The van der Waals surface area contributed by atoms with Crippen molar-refractivity contribution < 1.29 is 9.53 Å². The van der Waals surface area contributed by atoms with Crippen molar-refractivity contribution in [2.45, 2.75) is 20.0 Å². The van der Waals surface area contributed by atoms with E-state index in [0.717, 1.165) is 28.2 Å². The minimum absolute atomic E-state index is 0.111. The van der Waals surface area contributed by atoms with E-state index < -0.39 is 0 Å². The summed E-state index contributed by atoms with van der Waals surface area (Å²) in [6.07, 6.45) is 0. The Balaban J connectivity index is 1.50. The van der Waals surface area contributed by atoms with Crippen molar-refractivity contribution in [3.63, 3.8) is 0 Å². The van der Waals surface area contributed by atoms with Crippen LogP contribution in [0.5, 0.6) is 5.75 Å². The predicted molar refractivity (Wildman–Crippen MR) is 114 cm³/mol. The Morgan fingerprint density at radius 1 is 0.966 bits per heavy atom. The number of carbonyl (C=O) groups is 1. The fourth-order valence-electron chi connectivity index (χ4n) is 3.33. The minimum Gasteiger partial charge on any atom is -0.491 e. The van der Waals surface area contributed by atoms with Gasteiger partial charge in [-0.25, -0.2) is 4.98 Å². The number of para-hydroxylation sites is 3. The van der Waals surface area contributed by atoms with Gasteiger partial charge in [-0.15, -0.1) is 0 Å². The van der Waals surface area contributed by atoms with Gasteiger partial charge in [0.1, 0.15) is 18.2 Å². The van der Waals surface area contributed by atoms with Gasteiger partial charge in [-0.1, -0.05) is 48.5 Å². The second-order valence-electron chi connectivity index (χ2n) is 6.83. The molecule has 4 rings (SSSR count). The van der Waals surface area contributed by atoms with Crippen molar-refractivity contribution in [1.29, 1.82) is 0 Å². The summed E-state index contributed by atoms with van der Waals surface area (Å²) in [6.45, 7) is 3.55. The van der Waals surface area contributed by atoms with E-state index in [1.54, 1.807) is 12.1 Å². The quantitative estimate of drug-likeness (QED) is 0.514. The highest BCUT2D eigenvalue weighted by Gasteiger charge is 2.12. The molecule has 0 bridgehead atoms. The number of fused-ring (bicyclic) bond motifs is 1. The number of nitrogens with one attached hydrogen (secondary N) is 1. The number of aryl methyl sites for hydroxylation is 1. The number of hydrogen-bond donors (Lipinski definition) is 1. The van der Waals surface area contributed by atoms with E-state index in [0.29, 0.717) is 25.3 Å². The maximum absolute atomic E-state index is 12.4. The van der Waals surface area contributed by atoms with Gasteiger partial charge in [-0.2, -0.15) is 0 Å². The standard InChI is InChI=1S/C24H23N3O2/c1-18-9-5-8-14-22(18)29-16-15-27-21-13-7-6-12-20(21)26-23(27)17-25-24(28)19-10-3-2-4-11-19/h2-14H,15-17H2,1H3,(H,25,28). The van der Waals surface area contributed by atoms with Gasteiger partial charge in [-0.05, 0) is 42.8 Å². The summed E-state index contributed by atoms with van der Waals surface area (Å²) in [4.78, 5) is 17.1. The average Bonchev–Trinajstić information content (AvgIpc) is 3.11. The minimum atomic E-state index is -0.111. The predicted octanol–water partition coefficient (Wildman–Crippen LogP) is 4.35. The van der Waals surface area contributed by atoms with E-state index in [2.05, 4.69) is 9.88 Å². The van der Waals surface area contributed by atoms with Crippen molar-refractivity contribution in [1.82, 2.24) is 14.9 Å². The molecule has 3 aromatic carbocycles. The molecule has 29 heavy (non-hydrogen) atoms. The van der Waals surface area contributed by atoms with Crippen LogP contribution < -0.4 is 10.1 Å². The van der Waals surface area contributed by atoms with Crippen LogP contribution >= 0.6 is 0 Å². The van der Waals surface area contributed by atoms with Crippen LogP contribution in [0.25, 0.3) is 11.0 Å². The zero-order chi connectivity index (χ0) is 20.1. The largest absolute Gasteiger partial charge is 0.491 e. The average molecular weight is 385 g/mol. The summed E-state index contributed by atoms with van der Waals surface area (Å²) in [5.41, 5.74) is 3.69. The molecule has 1 N–H and O–H groups in total. The summed E-state index contributed by atoms with van der Waals surface area (Å²) in [6, 6.07) is 25.2. The van der Waals surface area contributed by atoms with Crippen molar-refractivity contribution in [3.8, 4) is 5.75 Å². The molecule has 0 atom stereocenters. The number of nitrogens with zero attached hydrogens (tertiary/aromatic N) is 2. The SMILES string of the molecule is Cc1ccccc1OCCn1c(CNC(=O)c2ccccc2)nc2ccccc21. The van der Waals surface area contributed by atoms with E-state index >= 15 is 0 Å². The van der Waals surface area contributed by atoms with Crippen LogP contribution in [0.2, 0.25) is 0 Å². The van der Waals surface area contributed by atoms with E-state index in [1.807, 2.05) is 73.7 Å². The van der Waals surface area contributed by atoms with Gasteiger partial charge in [0.25, 0.3) is 5.91 Å². The second-order valence-corrected chi connectivity index (χ2v) is 6.83. The lowest BCUT2D eigenvalue weighted by atomic mass is 10.2. The summed E-state index contributed by atoms with van der Waals surface area (Å²) >= 11 is 0. The van der Waals surface area contributed by atoms with E-state index in [4.69, 9.17) is 9.72 Å². The molecule has 0 aliphatic rings. The maximum atomic E-state index is 12.4. The summed E-state index contributed by atoms with van der Waals surface area (Å²) in [5, 5.41) is 2.97. The monoisotopic (exact) mass is 385 g/mol. The highest BCUT2D eigenvalue weighted by Crippen LogP contribution is 2.18. The van der Waals surface area contributed by atoms with Gasteiger partial charge in [0.05, 0.1) is 24.1 Å². The molecule has 0 fully saturated rings. The van der Waals surface area contributed by atoms with Crippen LogP contribution in [0, 0.1) is 6.92 Å². The Morgan fingerprint density at radius 2 is 1.69 bits per heavy atom. The zero-order valence-electron chi connectivity index (χ0n) is 16.3. The normalized spacial score (nSPS) is 10.8. The van der Waals surface area contributed by atoms with Crippen molar-refractivity contribution >= 4 is 16.9 Å². The highest BCUT2D eigenvalue weighted by molar-refractivity contribution is 5.94. The number of amides is 1. The highest BCUT2D eigenvalue weighted by atomic mass is 16.5. The third-order valence-corrected chi connectivity index (χ3v) is 4.84. The number of carbonyl (C=O) groups excluding carboxylic acids is 1. The first kappa shape index (κ1) is 18.7. The Bertz CT molecular complexity index is 1120. The molecular weight excluding hydrogens is 362 g/mol. The number of imidazole rings is 1. The van der Waals surface area contributed by atoms with Crippen molar-refractivity contribution in [3.05, 3.63) is 95.8 Å². The van der Waals surface area contributed by atoms with Crippen LogP contribution in [0.1, 0.15) is 21.7 Å². The van der Waals surface area contributed by atoms with Crippen LogP contribution in [0.3, 0.4) is 0 Å². The molecule has 0 radical (unpaired) electrons. The molecule has 0 saturated carbocycles. The molecular formula is C24H23N3O2. The summed E-state index contributed by atoms with van der Waals surface area (Å²) in [7, 11) is 0. The molecule has 1 heterocycles. The molecule has 1 amide bonds. The molecule has 1 aromatic heterocycles. The number of aromatic nitrogens is 2. The van der Waals surface area contributed by atoms with Crippen LogP contribution in [0.4, 0.5) is 0 Å². The molecule has 0 saturated heterocycles. The van der Waals surface area contributed by atoms with Gasteiger partial charge in [0.2, 0.25) is 0 Å². The molecule has 0 unspecified atom stereocenters. The lowest BCUT2D eigenvalue weighted by molar-refractivity contribution is 0.0949. The third-order valence-electron chi connectivity index (χ3n) is 4.84. The number of hydrogen-bond acceptors (Lipinski definition) is 3. The second kappa shape index (κ2) is 8.61. The lowest BCUT2D eigenvalue weighted by Gasteiger charge is -2.12. The molecule has 5 heteroatoms. The molecule has 4 aromatic rings. The third kappa shape index (κ3) is 4.29. The number of benzene rings is 3.